The van der Waals surface area contributed by atoms with Gasteiger partial charge in [-0.05, 0) is 13.3 Å². The second kappa shape index (κ2) is 8.56. The molecule has 1 amide bonds. The van der Waals surface area contributed by atoms with Crippen LogP contribution in [-0.2, 0) is 19.1 Å². The average Bonchev–Trinajstić information content (AvgIpc) is 2.51. The SMILES string of the molecule is CCOC(=O)CC[C@H](NC(=O)C(=O)c1ccccc1)C(=O)O. The lowest BCUT2D eigenvalue weighted by Gasteiger charge is -2.13. The standard InChI is InChI=1S/C15H17NO6/c1-2-22-12(17)9-8-11(15(20)21)16-14(19)13(18)10-6-4-3-5-7-10/h3-7,11H,2,8-9H2,1H3,(H,16,19)(H,20,21)/t11-/m0/s1. The largest absolute Gasteiger partial charge is 0.480 e. The van der Waals surface area contributed by atoms with Crippen LogP contribution in [0, 0.1) is 0 Å². The highest BCUT2D eigenvalue weighted by atomic mass is 16.5. The van der Waals surface area contributed by atoms with Crippen LogP contribution < -0.4 is 5.32 Å². The summed E-state index contributed by atoms with van der Waals surface area (Å²) in [7, 11) is 0. The Balaban J connectivity index is 2.63. The summed E-state index contributed by atoms with van der Waals surface area (Å²) >= 11 is 0. The average molecular weight is 307 g/mol. The van der Waals surface area contributed by atoms with Crippen molar-refractivity contribution >= 4 is 23.6 Å². The van der Waals surface area contributed by atoms with Crippen molar-refractivity contribution in [3.63, 3.8) is 0 Å². The van der Waals surface area contributed by atoms with Gasteiger partial charge < -0.3 is 15.2 Å². The first-order valence-corrected chi connectivity index (χ1v) is 6.74. The zero-order valence-electron chi connectivity index (χ0n) is 12.1. The maximum absolute atomic E-state index is 11.8. The van der Waals surface area contributed by atoms with Crippen molar-refractivity contribution in [1.82, 2.24) is 5.32 Å². The van der Waals surface area contributed by atoms with Gasteiger partial charge in [-0.15, -0.1) is 0 Å². The number of esters is 1. The summed E-state index contributed by atoms with van der Waals surface area (Å²) in [6, 6.07) is 6.46. The van der Waals surface area contributed by atoms with Gasteiger partial charge in [-0.1, -0.05) is 30.3 Å². The molecule has 1 atom stereocenters. The highest BCUT2D eigenvalue weighted by molar-refractivity contribution is 6.43. The molecule has 0 heterocycles. The summed E-state index contributed by atoms with van der Waals surface area (Å²) in [4.78, 5) is 45.9. The van der Waals surface area contributed by atoms with E-state index in [-0.39, 0.29) is 25.0 Å². The number of ketones is 1. The molecule has 0 aliphatic rings. The van der Waals surface area contributed by atoms with E-state index in [1.165, 1.54) is 12.1 Å². The third-order valence-electron chi connectivity index (χ3n) is 2.79. The molecule has 0 aliphatic carbocycles. The molecule has 0 spiro atoms. The topological polar surface area (TPSA) is 110 Å². The van der Waals surface area contributed by atoms with E-state index in [0.717, 1.165) is 0 Å². The number of hydrogen-bond donors (Lipinski definition) is 2. The lowest BCUT2D eigenvalue weighted by atomic mass is 10.1. The maximum Gasteiger partial charge on any atom is 0.326 e. The van der Waals surface area contributed by atoms with Crippen LogP contribution in [0.4, 0.5) is 0 Å². The van der Waals surface area contributed by atoms with E-state index in [0.29, 0.717) is 0 Å². The Hall–Kier alpha value is -2.70. The van der Waals surface area contributed by atoms with Gasteiger partial charge in [0.2, 0.25) is 5.78 Å². The van der Waals surface area contributed by atoms with Crippen molar-refractivity contribution < 1.29 is 29.0 Å². The summed E-state index contributed by atoms with van der Waals surface area (Å²) < 4.78 is 4.68. The van der Waals surface area contributed by atoms with Crippen molar-refractivity contribution in [1.29, 1.82) is 0 Å². The number of amides is 1. The van der Waals surface area contributed by atoms with Crippen LogP contribution in [0.5, 0.6) is 0 Å². The van der Waals surface area contributed by atoms with Crippen LogP contribution in [0.15, 0.2) is 30.3 Å². The summed E-state index contributed by atoms with van der Waals surface area (Å²) in [5.41, 5.74) is 0.162. The number of rotatable bonds is 8. The predicted octanol–water partition coefficient (Wildman–Crippen LogP) is 0.782. The van der Waals surface area contributed by atoms with E-state index in [9.17, 15) is 19.2 Å². The molecule has 0 radical (unpaired) electrons. The number of carboxylic acid groups (broad SMARTS) is 1. The molecule has 0 unspecified atom stereocenters. The van der Waals surface area contributed by atoms with E-state index in [2.05, 4.69) is 10.1 Å². The molecule has 1 aromatic rings. The van der Waals surface area contributed by atoms with Crippen molar-refractivity contribution in [3.8, 4) is 0 Å². The van der Waals surface area contributed by atoms with Crippen LogP contribution in [0.3, 0.4) is 0 Å². The minimum Gasteiger partial charge on any atom is -0.480 e. The first kappa shape index (κ1) is 17.4. The predicted molar refractivity (Wildman–Crippen MR) is 76.2 cm³/mol. The van der Waals surface area contributed by atoms with E-state index in [1.807, 2.05) is 0 Å². The molecule has 0 fully saturated rings. The fourth-order valence-corrected chi connectivity index (χ4v) is 1.70. The van der Waals surface area contributed by atoms with E-state index < -0.39 is 29.7 Å². The lowest BCUT2D eigenvalue weighted by Crippen LogP contribution is -2.44. The molecule has 1 aromatic carbocycles. The third-order valence-corrected chi connectivity index (χ3v) is 2.79. The fraction of sp³-hybridized carbons (Fsp3) is 0.333. The highest BCUT2D eigenvalue weighted by Gasteiger charge is 2.25. The highest BCUT2D eigenvalue weighted by Crippen LogP contribution is 2.03. The zero-order valence-corrected chi connectivity index (χ0v) is 12.1. The van der Waals surface area contributed by atoms with Gasteiger partial charge in [0.15, 0.2) is 0 Å². The summed E-state index contributed by atoms with van der Waals surface area (Å²) in [5.74, 6) is -3.73. The van der Waals surface area contributed by atoms with E-state index >= 15 is 0 Å². The number of ether oxygens (including phenoxy) is 1. The monoisotopic (exact) mass is 307 g/mol. The molecule has 22 heavy (non-hydrogen) atoms. The molecule has 0 aromatic heterocycles. The number of aliphatic carboxylic acids is 1. The number of carbonyl (C=O) groups is 4. The number of hydrogen-bond acceptors (Lipinski definition) is 5. The molecule has 0 saturated heterocycles. The normalized spacial score (nSPS) is 11.3. The van der Waals surface area contributed by atoms with Gasteiger partial charge in [-0.25, -0.2) is 4.79 Å². The van der Waals surface area contributed by atoms with Crippen LogP contribution in [0.25, 0.3) is 0 Å². The molecule has 2 N–H and O–H groups in total. The number of carboxylic acids is 1. The third kappa shape index (κ3) is 5.35. The summed E-state index contributed by atoms with van der Waals surface area (Å²) in [5, 5.41) is 11.2. The molecule has 0 bridgehead atoms. The lowest BCUT2D eigenvalue weighted by molar-refractivity contribution is -0.145. The first-order valence-electron chi connectivity index (χ1n) is 6.74. The molecule has 7 heteroatoms. The number of nitrogens with one attached hydrogen (secondary N) is 1. The fourth-order valence-electron chi connectivity index (χ4n) is 1.70. The van der Waals surface area contributed by atoms with Crippen molar-refractivity contribution in [3.05, 3.63) is 35.9 Å². The van der Waals surface area contributed by atoms with Gasteiger partial charge in [0.05, 0.1) is 6.61 Å². The van der Waals surface area contributed by atoms with Gasteiger partial charge in [0.25, 0.3) is 5.91 Å². The summed E-state index contributed by atoms with van der Waals surface area (Å²) in [6.45, 7) is 1.82. The van der Waals surface area contributed by atoms with Crippen molar-refractivity contribution in [2.75, 3.05) is 6.61 Å². The van der Waals surface area contributed by atoms with E-state index in [4.69, 9.17) is 5.11 Å². The second-order valence-electron chi connectivity index (χ2n) is 4.40. The van der Waals surface area contributed by atoms with Crippen LogP contribution in [0.1, 0.15) is 30.1 Å². The van der Waals surface area contributed by atoms with Gasteiger partial charge >= 0.3 is 11.9 Å². The Labute approximate surface area is 127 Å². The molecule has 7 nitrogen and oxygen atoms in total. The second-order valence-corrected chi connectivity index (χ2v) is 4.40. The van der Waals surface area contributed by atoms with Crippen LogP contribution >= 0.6 is 0 Å². The van der Waals surface area contributed by atoms with Gasteiger partial charge in [0, 0.05) is 12.0 Å². The molecule has 0 saturated carbocycles. The quantitative estimate of drug-likeness (QED) is 0.417. The minimum absolute atomic E-state index is 0.151. The summed E-state index contributed by atoms with van der Waals surface area (Å²) in [6.07, 6.45) is -0.313. The van der Waals surface area contributed by atoms with Gasteiger partial charge in [-0.3, -0.25) is 14.4 Å². The Morgan fingerprint density at radius 1 is 1.18 bits per heavy atom. The smallest absolute Gasteiger partial charge is 0.326 e. The minimum atomic E-state index is -1.33. The first-order chi connectivity index (χ1) is 10.5. The van der Waals surface area contributed by atoms with Gasteiger partial charge in [-0.2, -0.15) is 0 Å². The molecule has 0 aliphatic heterocycles. The molecule has 1 rings (SSSR count). The van der Waals surface area contributed by atoms with Crippen molar-refractivity contribution in [2.24, 2.45) is 0 Å². The molecule has 118 valence electrons. The zero-order chi connectivity index (χ0) is 16.5. The Morgan fingerprint density at radius 2 is 1.82 bits per heavy atom. The molecular weight excluding hydrogens is 290 g/mol. The number of Topliss-reactive ketones (excluding diaryl/α,β-unsaturated/α-hetero) is 1. The molecular formula is C15H17NO6. The van der Waals surface area contributed by atoms with E-state index in [1.54, 1.807) is 25.1 Å². The van der Waals surface area contributed by atoms with Crippen molar-refractivity contribution in [2.45, 2.75) is 25.8 Å². The Bertz CT molecular complexity index is 554. The Kier molecular flexibility index (Phi) is 6.75. The van der Waals surface area contributed by atoms with Gasteiger partial charge in [0.1, 0.15) is 6.04 Å². The number of carbonyl (C=O) groups excluding carboxylic acids is 3. The number of benzene rings is 1. The maximum atomic E-state index is 11.8. The Morgan fingerprint density at radius 3 is 2.36 bits per heavy atom. The van der Waals surface area contributed by atoms with Crippen LogP contribution in [-0.4, -0.2) is 41.4 Å². The van der Waals surface area contributed by atoms with Crippen LogP contribution in [0.2, 0.25) is 0 Å².